The molecule has 7 heteroatoms. The maximum atomic E-state index is 12.6. The molecule has 1 unspecified atom stereocenters. The van der Waals surface area contributed by atoms with Crippen LogP contribution in [0, 0.1) is 28.7 Å². The van der Waals surface area contributed by atoms with E-state index in [1.54, 1.807) is 0 Å². The molecule has 0 radical (unpaired) electrons. The lowest BCUT2D eigenvalue weighted by molar-refractivity contribution is -0.231. The summed E-state index contributed by atoms with van der Waals surface area (Å²) in [5.74, 6) is 0.554. The number of carbonyl (C=O) groups is 1. The van der Waals surface area contributed by atoms with Crippen molar-refractivity contribution in [3.8, 4) is 0 Å². The topological polar surface area (TPSA) is 62.5 Å². The lowest BCUT2D eigenvalue weighted by Crippen LogP contribution is -2.51. The average Bonchev–Trinajstić information content (AvgIpc) is 2.32. The molecule has 4 rings (SSSR count). The van der Waals surface area contributed by atoms with E-state index in [1.165, 1.54) is 0 Å². The van der Waals surface area contributed by atoms with Gasteiger partial charge in [0.15, 0.2) is 0 Å². The molecule has 4 saturated carbocycles. The Morgan fingerprint density at radius 2 is 1.60 bits per heavy atom. The van der Waals surface area contributed by atoms with Gasteiger partial charge in [-0.2, -0.15) is 13.2 Å². The average molecular weight is 290 g/mol. The van der Waals surface area contributed by atoms with Crippen LogP contribution in [0.5, 0.6) is 0 Å². The van der Waals surface area contributed by atoms with Crippen LogP contribution in [0.25, 0.3) is 0 Å². The molecule has 0 aromatic rings. The molecule has 0 saturated heterocycles. The van der Waals surface area contributed by atoms with Gasteiger partial charge in [-0.15, -0.1) is 5.11 Å². The first-order chi connectivity index (χ1) is 9.32. The van der Waals surface area contributed by atoms with E-state index in [2.05, 4.69) is 9.85 Å². The van der Waals surface area contributed by atoms with Crippen LogP contribution in [-0.4, -0.2) is 18.4 Å². The molecule has 1 N–H and O–H groups in total. The smallest absolute Gasteiger partial charge is 0.428 e. The van der Waals surface area contributed by atoms with Crippen LogP contribution in [0.3, 0.4) is 0 Å². The molecule has 0 aromatic heterocycles. The van der Waals surface area contributed by atoms with Gasteiger partial charge in [0.25, 0.3) is 0 Å². The van der Waals surface area contributed by atoms with E-state index in [9.17, 15) is 18.0 Å². The second-order valence-electron chi connectivity index (χ2n) is 6.63. The van der Waals surface area contributed by atoms with E-state index in [0.29, 0.717) is 37.0 Å². The number of rotatable bonds is 3. The van der Waals surface area contributed by atoms with Crippen molar-refractivity contribution in [3.05, 3.63) is 0 Å². The Labute approximate surface area is 114 Å². The van der Waals surface area contributed by atoms with Crippen LogP contribution in [0.15, 0.2) is 5.11 Å². The molecule has 20 heavy (non-hydrogen) atoms. The second-order valence-corrected chi connectivity index (χ2v) is 6.63. The summed E-state index contributed by atoms with van der Waals surface area (Å²) in [5, 5.41) is 2.41. The minimum atomic E-state index is -4.81. The minimum absolute atomic E-state index is 0.450. The first-order valence-electron chi connectivity index (χ1n) is 6.97. The van der Waals surface area contributed by atoms with Crippen molar-refractivity contribution in [3.63, 3.8) is 0 Å². The Kier molecular flexibility index (Phi) is 3.06. The molecule has 0 aliphatic heterocycles. The third-order valence-corrected chi connectivity index (χ3v) is 5.09. The predicted octanol–water partition coefficient (Wildman–Crippen LogP) is 3.67. The van der Waals surface area contributed by atoms with Crippen LogP contribution in [0.4, 0.5) is 13.2 Å². The molecule has 0 aromatic carbocycles. The largest absolute Gasteiger partial charge is 0.448 e. The maximum absolute atomic E-state index is 12.6. The first kappa shape index (κ1) is 13.8. The summed E-state index contributed by atoms with van der Waals surface area (Å²) in [6, 6.07) is 0. The fraction of sp³-hybridized carbons (Fsp3) is 0.923. The number of esters is 1. The van der Waals surface area contributed by atoms with E-state index in [0.717, 1.165) is 19.3 Å². The fourth-order valence-corrected chi connectivity index (χ4v) is 4.75. The summed E-state index contributed by atoms with van der Waals surface area (Å²) in [7, 11) is 0. The molecule has 4 aliphatic rings. The molecule has 0 heterocycles. The molecule has 0 amide bonds. The number of carbonyl (C=O) groups excluding carboxylic acids is 1. The SMILES string of the molecule is N=NC(OC(=O)C12CC3CC(CC(C3)C1)C2)C(F)(F)F. The minimum Gasteiger partial charge on any atom is -0.428 e. The van der Waals surface area contributed by atoms with Gasteiger partial charge < -0.3 is 4.74 Å². The summed E-state index contributed by atoms with van der Waals surface area (Å²) < 4.78 is 42.2. The summed E-state index contributed by atoms with van der Waals surface area (Å²) in [5.41, 5.74) is 5.83. The zero-order valence-corrected chi connectivity index (χ0v) is 10.9. The summed E-state index contributed by atoms with van der Waals surface area (Å²) in [4.78, 5) is 12.2. The van der Waals surface area contributed by atoms with Gasteiger partial charge in [0, 0.05) is 0 Å². The number of alkyl halides is 3. The van der Waals surface area contributed by atoms with Gasteiger partial charge in [0.1, 0.15) is 0 Å². The molecular formula is C13H17F3N2O2. The second kappa shape index (κ2) is 4.43. The Hall–Kier alpha value is -1.14. The number of hydrogen-bond donors (Lipinski definition) is 1. The van der Waals surface area contributed by atoms with E-state index in [4.69, 9.17) is 5.53 Å². The quantitative estimate of drug-likeness (QED) is 0.636. The van der Waals surface area contributed by atoms with Crippen LogP contribution in [0.2, 0.25) is 0 Å². The van der Waals surface area contributed by atoms with Gasteiger partial charge in [-0.1, -0.05) is 0 Å². The van der Waals surface area contributed by atoms with Crippen molar-refractivity contribution in [1.29, 1.82) is 5.53 Å². The van der Waals surface area contributed by atoms with Crippen LogP contribution in [-0.2, 0) is 9.53 Å². The third-order valence-electron chi connectivity index (χ3n) is 5.09. The highest BCUT2D eigenvalue weighted by atomic mass is 19.4. The predicted molar refractivity (Wildman–Crippen MR) is 61.7 cm³/mol. The molecule has 4 aliphatic carbocycles. The van der Waals surface area contributed by atoms with Crippen molar-refractivity contribution >= 4 is 5.97 Å². The standard InChI is InChI=1S/C13H17F3N2O2/c14-13(15,16)10(18-17)20-11(19)12-4-7-1-8(5-12)3-9(2-7)6-12/h7-10,17H,1-6H2. The highest BCUT2D eigenvalue weighted by Crippen LogP contribution is 2.60. The van der Waals surface area contributed by atoms with Crippen LogP contribution in [0.1, 0.15) is 38.5 Å². The van der Waals surface area contributed by atoms with Gasteiger partial charge in [-0.3, -0.25) is 4.79 Å². The molecule has 4 nitrogen and oxygen atoms in total. The fourth-order valence-electron chi connectivity index (χ4n) is 4.75. The number of nitrogens with zero attached hydrogens (tertiary/aromatic N) is 1. The van der Waals surface area contributed by atoms with E-state index in [1.807, 2.05) is 0 Å². The van der Waals surface area contributed by atoms with Gasteiger partial charge >= 0.3 is 18.4 Å². The number of ether oxygens (including phenoxy) is 1. The highest BCUT2D eigenvalue weighted by molar-refractivity contribution is 5.77. The Balaban J connectivity index is 1.75. The highest BCUT2D eigenvalue weighted by Gasteiger charge is 2.57. The Morgan fingerprint density at radius 1 is 1.15 bits per heavy atom. The van der Waals surface area contributed by atoms with Crippen molar-refractivity contribution in [2.45, 2.75) is 50.9 Å². The van der Waals surface area contributed by atoms with Crippen molar-refractivity contribution in [2.24, 2.45) is 28.3 Å². The number of hydrogen-bond acceptors (Lipinski definition) is 4. The van der Waals surface area contributed by atoms with Crippen molar-refractivity contribution < 1.29 is 22.7 Å². The summed E-state index contributed by atoms with van der Waals surface area (Å²) >= 11 is 0. The van der Waals surface area contributed by atoms with Crippen LogP contribution < -0.4 is 0 Å². The molecule has 0 spiro atoms. The normalized spacial score (nSPS) is 40.5. The molecule has 1 atom stereocenters. The Bertz CT molecular complexity index is 401. The van der Waals surface area contributed by atoms with E-state index in [-0.39, 0.29) is 0 Å². The van der Waals surface area contributed by atoms with Gasteiger partial charge in [0.2, 0.25) is 0 Å². The van der Waals surface area contributed by atoms with Crippen LogP contribution >= 0.6 is 0 Å². The molecular weight excluding hydrogens is 273 g/mol. The van der Waals surface area contributed by atoms with Crippen molar-refractivity contribution in [2.75, 3.05) is 0 Å². The molecule has 112 valence electrons. The Morgan fingerprint density at radius 3 is 1.95 bits per heavy atom. The lowest BCUT2D eigenvalue weighted by Gasteiger charge is -2.55. The van der Waals surface area contributed by atoms with E-state index < -0.39 is 23.8 Å². The maximum Gasteiger partial charge on any atom is 0.448 e. The zero-order valence-electron chi connectivity index (χ0n) is 10.9. The third kappa shape index (κ3) is 2.20. The monoisotopic (exact) mass is 290 g/mol. The van der Waals surface area contributed by atoms with Crippen molar-refractivity contribution in [1.82, 2.24) is 0 Å². The molecule has 4 bridgehead atoms. The van der Waals surface area contributed by atoms with E-state index >= 15 is 0 Å². The zero-order chi connectivity index (χ0) is 14.5. The van der Waals surface area contributed by atoms with Gasteiger partial charge in [-0.25, -0.2) is 5.53 Å². The number of nitrogens with one attached hydrogen (secondary N) is 1. The molecule has 4 fully saturated rings. The van der Waals surface area contributed by atoms with Gasteiger partial charge in [0.05, 0.1) is 5.41 Å². The van der Waals surface area contributed by atoms with Gasteiger partial charge in [-0.05, 0) is 56.3 Å². The summed E-state index contributed by atoms with van der Waals surface area (Å²) in [6.45, 7) is 0. The number of halogens is 3. The first-order valence-corrected chi connectivity index (χ1v) is 6.97. The lowest BCUT2D eigenvalue weighted by atomic mass is 9.49. The summed E-state index contributed by atoms with van der Waals surface area (Å²) in [6.07, 6.45) is -2.25.